The van der Waals surface area contributed by atoms with E-state index in [1.54, 1.807) is 40.9 Å². The van der Waals surface area contributed by atoms with Crippen LogP contribution in [0.3, 0.4) is 0 Å². The molecule has 3 rings (SSSR count). The standard InChI is InChI=1S/C20H20ClFN2O3S/c1-27-19(25)14-2-3-15(18(22)12-14)13-24(17-6-4-16(21)5-7-17)20(26)23-8-10-28-11-9-23/h2-7,12H,8-11,13H2,1H3. The van der Waals surface area contributed by atoms with Gasteiger partial charge in [-0.1, -0.05) is 17.7 Å². The van der Waals surface area contributed by atoms with Crippen molar-refractivity contribution in [2.75, 3.05) is 36.6 Å². The molecule has 0 bridgehead atoms. The highest BCUT2D eigenvalue weighted by atomic mass is 35.5. The summed E-state index contributed by atoms with van der Waals surface area (Å²) in [4.78, 5) is 28.0. The summed E-state index contributed by atoms with van der Waals surface area (Å²) in [6.07, 6.45) is 0. The van der Waals surface area contributed by atoms with Gasteiger partial charge in [0.2, 0.25) is 0 Å². The van der Waals surface area contributed by atoms with E-state index in [-0.39, 0.29) is 18.1 Å². The van der Waals surface area contributed by atoms with Gasteiger partial charge in [0, 0.05) is 40.9 Å². The van der Waals surface area contributed by atoms with E-state index >= 15 is 0 Å². The summed E-state index contributed by atoms with van der Waals surface area (Å²) in [5.74, 6) is 0.580. The van der Waals surface area contributed by atoms with Gasteiger partial charge in [-0.3, -0.25) is 4.90 Å². The maximum absolute atomic E-state index is 14.6. The van der Waals surface area contributed by atoms with Crippen LogP contribution in [0.5, 0.6) is 0 Å². The van der Waals surface area contributed by atoms with Crippen LogP contribution in [-0.2, 0) is 11.3 Å². The van der Waals surface area contributed by atoms with Crippen LogP contribution in [0.4, 0.5) is 14.9 Å². The van der Waals surface area contributed by atoms with Crippen molar-refractivity contribution in [2.45, 2.75) is 6.54 Å². The zero-order valence-corrected chi connectivity index (χ0v) is 16.9. The fourth-order valence-corrected chi connectivity index (χ4v) is 3.94. The highest BCUT2D eigenvalue weighted by Gasteiger charge is 2.25. The molecule has 0 N–H and O–H groups in total. The van der Waals surface area contributed by atoms with E-state index in [2.05, 4.69) is 4.74 Å². The summed E-state index contributed by atoms with van der Waals surface area (Å²) in [6.45, 7) is 1.34. The van der Waals surface area contributed by atoms with Crippen molar-refractivity contribution in [1.29, 1.82) is 0 Å². The number of ether oxygens (including phenoxy) is 1. The first-order chi connectivity index (χ1) is 13.5. The average molecular weight is 423 g/mol. The smallest absolute Gasteiger partial charge is 0.337 e. The predicted molar refractivity (Wildman–Crippen MR) is 110 cm³/mol. The fraction of sp³-hybridized carbons (Fsp3) is 0.300. The van der Waals surface area contributed by atoms with E-state index in [1.807, 2.05) is 0 Å². The number of thioether (sulfide) groups is 1. The van der Waals surface area contributed by atoms with Crippen LogP contribution in [0, 0.1) is 5.82 Å². The number of esters is 1. The lowest BCUT2D eigenvalue weighted by Gasteiger charge is -2.33. The number of rotatable bonds is 4. The third-order valence-electron chi connectivity index (χ3n) is 4.45. The summed E-state index contributed by atoms with van der Waals surface area (Å²) in [5, 5.41) is 0.555. The molecule has 0 unspecified atom stereocenters. The zero-order valence-electron chi connectivity index (χ0n) is 15.4. The molecular formula is C20H20ClFN2O3S. The lowest BCUT2D eigenvalue weighted by molar-refractivity contribution is 0.0600. The molecule has 148 valence electrons. The molecule has 1 heterocycles. The highest BCUT2D eigenvalue weighted by molar-refractivity contribution is 7.99. The summed E-state index contributed by atoms with van der Waals surface area (Å²) in [7, 11) is 1.24. The van der Waals surface area contributed by atoms with Gasteiger partial charge in [-0.2, -0.15) is 11.8 Å². The number of benzene rings is 2. The first-order valence-electron chi connectivity index (χ1n) is 8.76. The van der Waals surface area contributed by atoms with Crippen molar-refractivity contribution >= 4 is 41.1 Å². The van der Waals surface area contributed by atoms with Gasteiger partial charge in [0.05, 0.1) is 19.2 Å². The number of anilines is 1. The molecule has 1 fully saturated rings. The zero-order chi connectivity index (χ0) is 20.1. The van der Waals surface area contributed by atoms with E-state index < -0.39 is 11.8 Å². The Morgan fingerprint density at radius 1 is 1.18 bits per heavy atom. The van der Waals surface area contributed by atoms with Crippen LogP contribution in [0.25, 0.3) is 0 Å². The Balaban J connectivity index is 1.89. The normalized spacial score (nSPS) is 13.9. The molecule has 2 aromatic carbocycles. The molecule has 2 amide bonds. The minimum atomic E-state index is -0.609. The third-order valence-corrected chi connectivity index (χ3v) is 5.65. The lowest BCUT2D eigenvalue weighted by atomic mass is 10.1. The average Bonchev–Trinajstić information content (AvgIpc) is 2.73. The molecule has 0 aliphatic carbocycles. The topological polar surface area (TPSA) is 49.9 Å². The summed E-state index contributed by atoms with van der Waals surface area (Å²) >= 11 is 7.78. The minimum absolute atomic E-state index is 0.0391. The van der Waals surface area contributed by atoms with E-state index in [4.69, 9.17) is 11.6 Å². The number of halogens is 2. The van der Waals surface area contributed by atoms with Crippen LogP contribution in [-0.4, -0.2) is 48.6 Å². The largest absolute Gasteiger partial charge is 0.465 e. The Morgan fingerprint density at radius 3 is 2.46 bits per heavy atom. The molecule has 0 atom stereocenters. The second-order valence-electron chi connectivity index (χ2n) is 6.24. The van der Waals surface area contributed by atoms with Crippen LogP contribution >= 0.6 is 23.4 Å². The number of amides is 2. The number of hydrogen-bond acceptors (Lipinski definition) is 4. The van der Waals surface area contributed by atoms with Gasteiger partial charge in [0.25, 0.3) is 0 Å². The molecule has 28 heavy (non-hydrogen) atoms. The Labute approximate surface area is 172 Å². The van der Waals surface area contributed by atoms with Gasteiger partial charge in [-0.25, -0.2) is 14.0 Å². The predicted octanol–water partition coefficient (Wildman–Crippen LogP) is 4.44. The van der Waals surface area contributed by atoms with Crippen molar-refractivity contribution < 1.29 is 18.7 Å². The molecule has 0 aromatic heterocycles. The first-order valence-corrected chi connectivity index (χ1v) is 10.3. The number of hydrogen-bond donors (Lipinski definition) is 0. The molecular weight excluding hydrogens is 403 g/mol. The van der Waals surface area contributed by atoms with E-state index in [0.717, 1.165) is 17.6 Å². The monoisotopic (exact) mass is 422 g/mol. The van der Waals surface area contributed by atoms with Crippen LogP contribution < -0.4 is 4.90 Å². The number of carbonyl (C=O) groups excluding carboxylic acids is 2. The van der Waals surface area contributed by atoms with Crippen molar-refractivity contribution in [3.8, 4) is 0 Å². The van der Waals surface area contributed by atoms with Crippen molar-refractivity contribution in [1.82, 2.24) is 4.90 Å². The van der Waals surface area contributed by atoms with E-state index in [9.17, 15) is 14.0 Å². The van der Waals surface area contributed by atoms with Gasteiger partial charge in [0.15, 0.2) is 0 Å². The molecule has 0 saturated carbocycles. The van der Waals surface area contributed by atoms with Crippen molar-refractivity contribution in [3.63, 3.8) is 0 Å². The van der Waals surface area contributed by atoms with Gasteiger partial charge in [-0.05, 0) is 36.4 Å². The number of carbonyl (C=O) groups is 2. The molecule has 1 aliphatic rings. The number of urea groups is 1. The number of nitrogens with zero attached hydrogens (tertiary/aromatic N) is 2. The minimum Gasteiger partial charge on any atom is -0.465 e. The maximum Gasteiger partial charge on any atom is 0.337 e. The summed E-state index contributed by atoms with van der Waals surface area (Å²) in [6, 6.07) is 10.8. The summed E-state index contributed by atoms with van der Waals surface area (Å²) < 4.78 is 19.2. The van der Waals surface area contributed by atoms with Gasteiger partial charge in [0.1, 0.15) is 5.82 Å². The molecule has 1 saturated heterocycles. The Bertz CT molecular complexity index is 857. The Morgan fingerprint density at radius 2 is 1.86 bits per heavy atom. The Hall–Kier alpha value is -2.25. The highest BCUT2D eigenvalue weighted by Crippen LogP contribution is 2.24. The lowest BCUT2D eigenvalue weighted by Crippen LogP contribution is -2.46. The van der Waals surface area contributed by atoms with E-state index in [0.29, 0.717) is 29.4 Å². The van der Waals surface area contributed by atoms with Gasteiger partial charge < -0.3 is 9.64 Å². The number of methoxy groups -OCH3 is 1. The van der Waals surface area contributed by atoms with E-state index in [1.165, 1.54) is 24.1 Å². The van der Waals surface area contributed by atoms with Crippen molar-refractivity contribution in [2.24, 2.45) is 0 Å². The van der Waals surface area contributed by atoms with Gasteiger partial charge in [-0.15, -0.1) is 0 Å². The molecule has 1 aliphatic heterocycles. The Kier molecular flexibility index (Phi) is 6.80. The maximum atomic E-state index is 14.6. The molecule has 0 spiro atoms. The quantitative estimate of drug-likeness (QED) is 0.683. The molecule has 0 radical (unpaired) electrons. The van der Waals surface area contributed by atoms with Gasteiger partial charge >= 0.3 is 12.0 Å². The third kappa shape index (κ3) is 4.77. The van der Waals surface area contributed by atoms with Crippen LogP contribution in [0.1, 0.15) is 15.9 Å². The first kappa shape index (κ1) is 20.5. The summed E-state index contributed by atoms with van der Waals surface area (Å²) in [5.41, 5.74) is 1.06. The SMILES string of the molecule is COC(=O)c1ccc(CN(C(=O)N2CCSCC2)c2ccc(Cl)cc2)c(F)c1. The fourth-order valence-electron chi connectivity index (χ4n) is 2.91. The second-order valence-corrected chi connectivity index (χ2v) is 7.90. The molecule has 8 heteroatoms. The second kappa shape index (κ2) is 9.30. The van der Waals surface area contributed by atoms with Crippen LogP contribution in [0.2, 0.25) is 5.02 Å². The van der Waals surface area contributed by atoms with Crippen molar-refractivity contribution in [3.05, 3.63) is 64.4 Å². The molecule has 2 aromatic rings. The van der Waals surface area contributed by atoms with Crippen LogP contribution in [0.15, 0.2) is 42.5 Å². The molecule has 5 nitrogen and oxygen atoms in total.